The molecule has 3 heteroatoms. The summed E-state index contributed by atoms with van der Waals surface area (Å²) in [5.74, 6) is 0. The van der Waals surface area contributed by atoms with Gasteiger partial charge in [0.15, 0.2) is 5.69 Å². The van der Waals surface area contributed by atoms with Gasteiger partial charge >= 0.3 is 0 Å². The summed E-state index contributed by atoms with van der Waals surface area (Å²) in [6.45, 7) is 7.45. The smallest absolute Gasteiger partial charge is 0.187 e. The van der Waals surface area contributed by atoms with Crippen LogP contribution in [0.1, 0.15) is 5.56 Å². The minimum absolute atomic E-state index is 0.592. The Kier molecular flexibility index (Phi) is 5.90. The lowest BCUT2D eigenvalue weighted by Gasteiger charge is -2.29. The number of benzene rings is 7. The standard InChI is InChI=1S/C38H23N3/c1-40-30-18-22-32(23-19-30)41(31-20-14-26(25-39)15-21-31)38-35-12-6-4-10-33(35)37(34-11-5-7-13-36(34)38)29-17-16-27-8-2-3-9-28(27)24-29/h2-24H. The molecule has 0 N–H and O–H groups in total. The lowest BCUT2D eigenvalue weighted by molar-refractivity contribution is 1.31. The molecular formula is C38H23N3. The Labute approximate surface area is 238 Å². The predicted molar refractivity (Wildman–Crippen MR) is 170 cm³/mol. The van der Waals surface area contributed by atoms with Gasteiger partial charge in [-0.3, -0.25) is 0 Å². The molecule has 0 radical (unpaired) electrons. The molecule has 0 aliphatic heterocycles. The van der Waals surface area contributed by atoms with Crippen LogP contribution in [0.3, 0.4) is 0 Å². The first kappa shape index (κ1) is 24.2. The topological polar surface area (TPSA) is 31.4 Å². The van der Waals surface area contributed by atoms with Crippen LogP contribution < -0.4 is 4.90 Å². The summed E-state index contributed by atoms with van der Waals surface area (Å²) in [6, 6.07) is 49.9. The largest absolute Gasteiger partial charge is 0.309 e. The second kappa shape index (κ2) is 10.0. The van der Waals surface area contributed by atoms with Crippen LogP contribution in [-0.2, 0) is 0 Å². The molecule has 7 aromatic rings. The third kappa shape index (κ3) is 4.14. The van der Waals surface area contributed by atoms with Crippen LogP contribution in [0.2, 0.25) is 0 Å². The Bertz CT molecular complexity index is 2050. The fourth-order valence-corrected chi connectivity index (χ4v) is 5.77. The van der Waals surface area contributed by atoms with E-state index >= 15 is 0 Å². The normalized spacial score (nSPS) is 10.9. The SMILES string of the molecule is [C-]#[N+]c1ccc(N(c2ccc(C#N)cc2)c2c3ccccc3c(-c3ccc4ccccc4c3)c3ccccc23)cc1. The van der Waals surface area contributed by atoms with Crippen molar-refractivity contribution in [2.24, 2.45) is 0 Å². The minimum Gasteiger partial charge on any atom is -0.309 e. The number of nitriles is 1. The molecule has 0 aliphatic rings. The number of fused-ring (bicyclic) bond motifs is 3. The van der Waals surface area contributed by atoms with Gasteiger partial charge in [-0.05, 0) is 75.1 Å². The molecule has 0 aliphatic carbocycles. The molecule has 41 heavy (non-hydrogen) atoms. The highest BCUT2D eigenvalue weighted by Crippen LogP contribution is 2.48. The number of hydrogen-bond acceptors (Lipinski definition) is 2. The third-order valence-electron chi connectivity index (χ3n) is 7.66. The van der Waals surface area contributed by atoms with Crippen molar-refractivity contribution in [2.75, 3.05) is 4.90 Å². The first-order chi connectivity index (χ1) is 20.2. The van der Waals surface area contributed by atoms with Gasteiger partial charge in [0.1, 0.15) is 0 Å². The summed E-state index contributed by atoms with van der Waals surface area (Å²) in [6.07, 6.45) is 0. The maximum absolute atomic E-state index is 9.45. The molecule has 0 saturated heterocycles. The minimum atomic E-state index is 0.592. The average Bonchev–Trinajstić information content (AvgIpc) is 3.05. The molecule has 0 unspecified atom stereocenters. The van der Waals surface area contributed by atoms with Gasteiger partial charge in [-0.2, -0.15) is 5.26 Å². The van der Waals surface area contributed by atoms with Gasteiger partial charge in [-0.15, -0.1) is 0 Å². The predicted octanol–water partition coefficient (Wildman–Crippen LogP) is 10.7. The lowest BCUT2D eigenvalue weighted by Crippen LogP contribution is -2.11. The summed E-state index contributed by atoms with van der Waals surface area (Å²) in [5, 5.41) is 16.4. The highest BCUT2D eigenvalue weighted by Gasteiger charge is 2.22. The number of hydrogen-bond donors (Lipinski definition) is 0. The lowest BCUT2D eigenvalue weighted by atomic mass is 9.89. The Hall–Kier alpha value is -5.90. The van der Waals surface area contributed by atoms with Gasteiger partial charge in [0.05, 0.1) is 23.9 Å². The summed E-state index contributed by atoms with van der Waals surface area (Å²) >= 11 is 0. The summed E-state index contributed by atoms with van der Waals surface area (Å²) in [5.41, 5.74) is 6.52. The van der Waals surface area contributed by atoms with Crippen LogP contribution in [0.5, 0.6) is 0 Å². The zero-order chi connectivity index (χ0) is 27.8. The zero-order valence-electron chi connectivity index (χ0n) is 22.1. The van der Waals surface area contributed by atoms with Crippen molar-refractivity contribution < 1.29 is 0 Å². The first-order valence-electron chi connectivity index (χ1n) is 13.5. The number of anilines is 3. The van der Waals surface area contributed by atoms with Gasteiger partial charge in [0.2, 0.25) is 0 Å². The maximum atomic E-state index is 9.45. The van der Waals surface area contributed by atoms with Crippen molar-refractivity contribution in [3.05, 3.63) is 157 Å². The molecular weight excluding hydrogens is 498 g/mol. The van der Waals surface area contributed by atoms with Crippen molar-refractivity contribution >= 4 is 55.1 Å². The van der Waals surface area contributed by atoms with E-state index < -0.39 is 0 Å². The van der Waals surface area contributed by atoms with E-state index in [0.717, 1.165) is 38.6 Å². The fourth-order valence-electron chi connectivity index (χ4n) is 5.77. The summed E-state index contributed by atoms with van der Waals surface area (Å²) in [4.78, 5) is 5.84. The Morgan fingerprint density at radius 2 is 1.10 bits per heavy atom. The summed E-state index contributed by atoms with van der Waals surface area (Å²) < 4.78 is 0. The van der Waals surface area contributed by atoms with Gasteiger partial charge in [0, 0.05) is 22.1 Å². The van der Waals surface area contributed by atoms with Crippen LogP contribution in [0, 0.1) is 17.9 Å². The van der Waals surface area contributed by atoms with Crippen LogP contribution in [0.25, 0.3) is 48.3 Å². The van der Waals surface area contributed by atoms with Gasteiger partial charge in [-0.25, -0.2) is 4.85 Å². The molecule has 7 aromatic carbocycles. The van der Waals surface area contributed by atoms with Crippen molar-refractivity contribution in [1.82, 2.24) is 0 Å². The van der Waals surface area contributed by atoms with Gasteiger partial charge in [-0.1, -0.05) is 97.1 Å². The fraction of sp³-hybridized carbons (Fsp3) is 0. The highest BCUT2D eigenvalue weighted by molar-refractivity contribution is 6.22. The molecule has 0 bridgehead atoms. The maximum Gasteiger partial charge on any atom is 0.187 e. The van der Waals surface area contributed by atoms with Crippen LogP contribution >= 0.6 is 0 Å². The van der Waals surface area contributed by atoms with E-state index in [2.05, 4.69) is 107 Å². The van der Waals surface area contributed by atoms with E-state index in [-0.39, 0.29) is 0 Å². The second-order valence-corrected chi connectivity index (χ2v) is 10.00. The molecule has 0 atom stereocenters. The Morgan fingerprint density at radius 3 is 1.68 bits per heavy atom. The quantitative estimate of drug-likeness (QED) is 0.170. The van der Waals surface area contributed by atoms with E-state index in [1.807, 2.05) is 48.5 Å². The van der Waals surface area contributed by atoms with Crippen LogP contribution in [0.4, 0.5) is 22.7 Å². The van der Waals surface area contributed by atoms with E-state index in [1.54, 1.807) is 0 Å². The molecule has 0 heterocycles. The zero-order valence-corrected chi connectivity index (χ0v) is 22.1. The van der Waals surface area contributed by atoms with Crippen molar-refractivity contribution in [1.29, 1.82) is 5.26 Å². The monoisotopic (exact) mass is 521 g/mol. The average molecular weight is 522 g/mol. The van der Waals surface area contributed by atoms with Crippen molar-refractivity contribution in [3.63, 3.8) is 0 Å². The molecule has 0 spiro atoms. The van der Waals surface area contributed by atoms with Crippen molar-refractivity contribution in [2.45, 2.75) is 0 Å². The molecule has 190 valence electrons. The summed E-state index contributed by atoms with van der Waals surface area (Å²) in [7, 11) is 0. The molecule has 3 nitrogen and oxygen atoms in total. The van der Waals surface area contributed by atoms with Crippen LogP contribution in [0.15, 0.2) is 140 Å². The van der Waals surface area contributed by atoms with Crippen LogP contribution in [-0.4, -0.2) is 0 Å². The Balaban J connectivity index is 1.58. The van der Waals surface area contributed by atoms with Crippen molar-refractivity contribution in [3.8, 4) is 17.2 Å². The molecule has 0 fully saturated rings. The second-order valence-electron chi connectivity index (χ2n) is 10.00. The molecule has 0 amide bonds. The first-order valence-corrected chi connectivity index (χ1v) is 13.5. The highest BCUT2D eigenvalue weighted by atomic mass is 15.1. The van der Waals surface area contributed by atoms with Gasteiger partial charge < -0.3 is 4.90 Å². The van der Waals surface area contributed by atoms with E-state index in [1.165, 1.54) is 21.9 Å². The van der Waals surface area contributed by atoms with E-state index in [0.29, 0.717) is 11.3 Å². The number of rotatable bonds is 4. The van der Waals surface area contributed by atoms with Gasteiger partial charge in [0.25, 0.3) is 0 Å². The molecule has 7 rings (SSSR count). The number of nitrogens with zero attached hydrogens (tertiary/aromatic N) is 3. The molecule has 0 aromatic heterocycles. The van der Waals surface area contributed by atoms with E-state index in [9.17, 15) is 5.26 Å². The molecule has 0 saturated carbocycles. The Morgan fingerprint density at radius 1 is 0.561 bits per heavy atom. The third-order valence-corrected chi connectivity index (χ3v) is 7.66. The van der Waals surface area contributed by atoms with E-state index in [4.69, 9.17) is 6.57 Å².